The lowest BCUT2D eigenvalue weighted by atomic mass is 10.1. The van der Waals surface area contributed by atoms with Gasteiger partial charge in [-0.3, -0.25) is 9.36 Å². The number of nitrogens with zero attached hydrogens (tertiary/aromatic N) is 7. The van der Waals surface area contributed by atoms with Gasteiger partial charge in [0.1, 0.15) is 22.8 Å². The number of imidazole rings is 1. The van der Waals surface area contributed by atoms with Crippen LogP contribution in [0.1, 0.15) is 25.2 Å². The second kappa shape index (κ2) is 9.11. The van der Waals surface area contributed by atoms with E-state index in [2.05, 4.69) is 33.0 Å². The highest BCUT2D eigenvalue weighted by Gasteiger charge is 2.19. The molecular formula is C24H24N8O. The smallest absolute Gasteiger partial charge is 0.293 e. The van der Waals surface area contributed by atoms with E-state index in [4.69, 9.17) is 5.73 Å². The van der Waals surface area contributed by atoms with Gasteiger partial charge in [-0.05, 0) is 25.3 Å². The molecule has 166 valence electrons. The van der Waals surface area contributed by atoms with Crippen molar-refractivity contribution in [2.24, 2.45) is 5.73 Å². The average molecular weight is 441 g/mol. The molecule has 1 atom stereocenters. The number of nitrogens with two attached hydrogens (primary N) is 1. The largest absolute Gasteiger partial charge is 0.344 e. The highest BCUT2D eigenvalue weighted by molar-refractivity contribution is 5.86. The van der Waals surface area contributed by atoms with Crippen LogP contribution in [0, 0.1) is 23.2 Å². The molecule has 0 saturated heterocycles. The summed E-state index contributed by atoms with van der Waals surface area (Å²) in [6.07, 6.45) is 1.57. The second-order valence-corrected chi connectivity index (χ2v) is 7.92. The van der Waals surface area contributed by atoms with Crippen LogP contribution in [0.3, 0.4) is 0 Å². The highest BCUT2D eigenvalue weighted by Crippen LogP contribution is 2.20. The van der Waals surface area contributed by atoms with Gasteiger partial charge in [0.15, 0.2) is 0 Å². The molecule has 0 fully saturated rings. The Hall–Kier alpha value is -4.21. The predicted molar refractivity (Wildman–Crippen MR) is 128 cm³/mol. The Morgan fingerprint density at radius 3 is 2.79 bits per heavy atom. The molecule has 4 aromatic rings. The molecule has 1 aromatic carbocycles. The van der Waals surface area contributed by atoms with Gasteiger partial charge in [0, 0.05) is 25.0 Å². The van der Waals surface area contributed by atoms with E-state index in [-0.39, 0.29) is 18.1 Å². The summed E-state index contributed by atoms with van der Waals surface area (Å²) in [7, 11) is 1.88. The van der Waals surface area contributed by atoms with Gasteiger partial charge in [0.05, 0.1) is 25.0 Å². The van der Waals surface area contributed by atoms with Crippen LogP contribution in [0.25, 0.3) is 21.8 Å². The van der Waals surface area contributed by atoms with Crippen LogP contribution in [0.2, 0.25) is 0 Å². The van der Waals surface area contributed by atoms with E-state index in [1.165, 1.54) is 4.68 Å². The first kappa shape index (κ1) is 22.0. The fraction of sp³-hybridized carbons (Fsp3) is 0.292. The number of aromatic nitrogens is 5. The number of fused-ring (bicyclic) bond motifs is 2. The van der Waals surface area contributed by atoms with Crippen molar-refractivity contribution in [1.29, 1.82) is 5.26 Å². The topological polar surface area (TPSA) is 119 Å². The quantitative estimate of drug-likeness (QED) is 0.455. The molecule has 2 N–H and O–H groups in total. The van der Waals surface area contributed by atoms with Crippen molar-refractivity contribution in [3.8, 4) is 17.9 Å². The lowest BCUT2D eigenvalue weighted by molar-refractivity contribution is 0.631. The Kier molecular flexibility index (Phi) is 6.07. The maximum absolute atomic E-state index is 13.4. The molecule has 0 bridgehead atoms. The molecule has 9 heteroatoms. The maximum Gasteiger partial charge on any atom is 0.293 e. The number of benzene rings is 1. The number of pyridine rings is 1. The first-order valence-electron chi connectivity index (χ1n) is 10.5. The van der Waals surface area contributed by atoms with Crippen molar-refractivity contribution >= 4 is 27.8 Å². The summed E-state index contributed by atoms with van der Waals surface area (Å²) in [6.45, 7) is 4.68. The van der Waals surface area contributed by atoms with Crippen molar-refractivity contribution in [1.82, 2.24) is 24.3 Å². The van der Waals surface area contributed by atoms with Crippen LogP contribution in [0.15, 0.2) is 41.3 Å². The standard InChI is InChI=1S/C24H24N8O/c1-4-5-10-31-22-21(29-24(31)30(3)14-16(2)26)13-27-32(23(22)33)15-18-11-17-8-6-7-9-19(17)20(12-25)28-18/h6-9,11,13,16H,10,14-15,26H2,1-3H3. The van der Waals surface area contributed by atoms with E-state index in [1.807, 2.05) is 49.2 Å². The Labute approximate surface area is 191 Å². The zero-order chi connectivity index (χ0) is 23.5. The zero-order valence-electron chi connectivity index (χ0n) is 18.8. The SMILES string of the molecule is CC#CCn1c(N(C)CC(C)N)nc2cnn(Cc3cc4ccccc4c(C#N)n3)c(=O)c21. The van der Waals surface area contributed by atoms with Crippen LogP contribution in [0.4, 0.5) is 5.95 Å². The highest BCUT2D eigenvalue weighted by atomic mass is 16.1. The van der Waals surface area contributed by atoms with Gasteiger partial charge in [-0.1, -0.05) is 30.2 Å². The molecular weight excluding hydrogens is 416 g/mol. The van der Waals surface area contributed by atoms with Gasteiger partial charge in [0.2, 0.25) is 5.95 Å². The maximum atomic E-state index is 13.4. The molecule has 9 nitrogen and oxygen atoms in total. The molecule has 3 aromatic heterocycles. The fourth-order valence-corrected chi connectivity index (χ4v) is 3.87. The molecule has 3 heterocycles. The molecule has 0 radical (unpaired) electrons. The fourth-order valence-electron chi connectivity index (χ4n) is 3.87. The van der Waals surface area contributed by atoms with Crippen LogP contribution >= 0.6 is 0 Å². The van der Waals surface area contributed by atoms with Crippen LogP contribution in [0.5, 0.6) is 0 Å². The van der Waals surface area contributed by atoms with Crippen molar-refractivity contribution in [3.05, 3.63) is 58.3 Å². The number of hydrogen-bond acceptors (Lipinski definition) is 7. The van der Waals surface area contributed by atoms with Gasteiger partial charge in [-0.15, -0.1) is 5.92 Å². The van der Waals surface area contributed by atoms with E-state index in [9.17, 15) is 10.1 Å². The van der Waals surface area contributed by atoms with E-state index in [0.29, 0.717) is 41.5 Å². The number of hydrogen-bond donors (Lipinski definition) is 1. The van der Waals surface area contributed by atoms with Gasteiger partial charge < -0.3 is 10.6 Å². The third-order valence-corrected chi connectivity index (χ3v) is 5.26. The van der Waals surface area contributed by atoms with Gasteiger partial charge in [-0.25, -0.2) is 14.6 Å². The lowest BCUT2D eigenvalue weighted by Gasteiger charge is -2.20. The number of anilines is 1. The van der Waals surface area contributed by atoms with Gasteiger partial charge >= 0.3 is 0 Å². The van der Waals surface area contributed by atoms with E-state index >= 15 is 0 Å². The van der Waals surface area contributed by atoms with Crippen LogP contribution in [-0.2, 0) is 13.1 Å². The van der Waals surface area contributed by atoms with Crippen LogP contribution in [-0.4, -0.2) is 43.9 Å². The first-order valence-corrected chi connectivity index (χ1v) is 10.5. The molecule has 0 spiro atoms. The Bertz CT molecular complexity index is 1500. The summed E-state index contributed by atoms with van der Waals surface area (Å²) >= 11 is 0. The summed E-state index contributed by atoms with van der Waals surface area (Å²) in [6, 6.07) is 11.5. The minimum atomic E-state index is -0.299. The predicted octanol–water partition coefficient (Wildman–Crippen LogP) is 1.87. The summed E-state index contributed by atoms with van der Waals surface area (Å²) in [4.78, 5) is 24.4. The minimum absolute atomic E-state index is 0.0661. The Morgan fingerprint density at radius 1 is 1.27 bits per heavy atom. The number of rotatable bonds is 6. The molecule has 0 aliphatic carbocycles. The lowest BCUT2D eigenvalue weighted by Crippen LogP contribution is -2.34. The molecule has 0 amide bonds. The first-order chi connectivity index (χ1) is 15.9. The molecule has 4 rings (SSSR count). The van der Waals surface area contributed by atoms with Crippen molar-refractivity contribution in [2.45, 2.75) is 33.0 Å². The Balaban J connectivity index is 1.82. The van der Waals surface area contributed by atoms with E-state index in [1.54, 1.807) is 17.7 Å². The summed E-state index contributed by atoms with van der Waals surface area (Å²) in [5.74, 6) is 6.50. The third kappa shape index (κ3) is 4.27. The van der Waals surface area contributed by atoms with Crippen molar-refractivity contribution in [3.63, 3.8) is 0 Å². The number of nitriles is 1. The zero-order valence-corrected chi connectivity index (χ0v) is 18.8. The monoisotopic (exact) mass is 440 g/mol. The van der Waals surface area contributed by atoms with Gasteiger partial charge in [0.25, 0.3) is 5.56 Å². The van der Waals surface area contributed by atoms with Crippen molar-refractivity contribution in [2.75, 3.05) is 18.5 Å². The van der Waals surface area contributed by atoms with E-state index < -0.39 is 0 Å². The summed E-state index contributed by atoms with van der Waals surface area (Å²) in [5, 5.41) is 15.5. The average Bonchev–Trinajstić information content (AvgIpc) is 3.18. The summed E-state index contributed by atoms with van der Waals surface area (Å²) < 4.78 is 3.14. The molecule has 33 heavy (non-hydrogen) atoms. The van der Waals surface area contributed by atoms with E-state index in [0.717, 1.165) is 10.8 Å². The molecule has 1 unspecified atom stereocenters. The van der Waals surface area contributed by atoms with Crippen molar-refractivity contribution < 1.29 is 0 Å². The number of likely N-dealkylation sites (N-methyl/N-ethyl adjacent to an activating group) is 1. The third-order valence-electron chi connectivity index (χ3n) is 5.26. The van der Waals surface area contributed by atoms with Gasteiger partial charge in [-0.2, -0.15) is 10.4 Å². The second-order valence-electron chi connectivity index (χ2n) is 7.92. The molecule has 0 aliphatic heterocycles. The molecule has 0 aliphatic rings. The summed E-state index contributed by atoms with van der Waals surface area (Å²) in [5.41, 5.74) is 7.47. The normalized spacial score (nSPS) is 11.7. The Morgan fingerprint density at radius 2 is 2.06 bits per heavy atom. The molecule has 0 saturated carbocycles. The minimum Gasteiger partial charge on any atom is -0.344 e. The van der Waals surface area contributed by atoms with Crippen LogP contribution < -0.4 is 16.2 Å².